The fraction of sp³-hybridized carbons (Fsp3) is 0.682. The van der Waals surface area contributed by atoms with Crippen molar-refractivity contribution in [2.24, 2.45) is 23.7 Å². The number of aromatic hydroxyl groups is 2. The number of hydrogen-bond acceptors (Lipinski definition) is 7. The first-order valence-corrected chi connectivity index (χ1v) is 10.4. The Hall–Kier alpha value is -1.83. The van der Waals surface area contributed by atoms with E-state index in [0.29, 0.717) is 11.8 Å². The minimum atomic E-state index is -0.793. The molecule has 0 radical (unpaired) electrons. The van der Waals surface area contributed by atoms with Gasteiger partial charge in [0.1, 0.15) is 11.5 Å². The monoisotopic (exact) mass is 406 g/mol. The Bertz CT molecular complexity index is 745. The number of rotatable bonds is 0. The van der Waals surface area contributed by atoms with Gasteiger partial charge in [0.05, 0.1) is 5.92 Å². The van der Waals surface area contributed by atoms with Crippen molar-refractivity contribution in [1.82, 2.24) is 0 Å². The van der Waals surface area contributed by atoms with Crippen LogP contribution in [0.5, 0.6) is 11.5 Å². The zero-order chi connectivity index (χ0) is 21.0. The fourth-order valence-corrected chi connectivity index (χ4v) is 5.51. The first-order valence-electron chi connectivity index (χ1n) is 10.4. The summed E-state index contributed by atoms with van der Waals surface area (Å²) in [4.78, 5) is 23.7. The third-order valence-electron chi connectivity index (χ3n) is 7.02. The molecule has 7 heteroatoms. The summed E-state index contributed by atoms with van der Waals surface area (Å²) in [5, 5.41) is 17.7. The highest BCUT2D eigenvalue weighted by Gasteiger charge is 2.70. The molecule has 7 atom stereocenters. The Labute approximate surface area is 170 Å². The average Bonchev–Trinajstić information content (AvgIpc) is 2.85. The molecule has 1 spiro atoms. The Balaban J connectivity index is 0.000000192. The molecular formula is C22H30O7. The Morgan fingerprint density at radius 3 is 2.34 bits per heavy atom. The number of benzene rings is 1. The van der Waals surface area contributed by atoms with Crippen LogP contribution in [0.2, 0.25) is 0 Å². The lowest BCUT2D eigenvalue weighted by molar-refractivity contribution is -0.559. The largest absolute Gasteiger partial charge is 0.508 e. The summed E-state index contributed by atoms with van der Waals surface area (Å²) < 4.78 is 11.6. The first-order chi connectivity index (χ1) is 13.6. The summed E-state index contributed by atoms with van der Waals surface area (Å²) >= 11 is 0. The summed E-state index contributed by atoms with van der Waals surface area (Å²) in [6.45, 7) is 7.87. The number of carbonyl (C=O) groups is 1. The van der Waals surface area contributed by atoms with Crippen LogP contribution in [-0.2, 0) is 24.0 Å². The molecule has 5 fully saturated rings. The van der Waals surface area contributed by atoms with Gasteiger partial charge in [0.15, 0.2) is 5.60 Å². The minimum absolute atomic E-state index is 0.104. The second kappa shape index (κ2) is 7.15. The zero-order valence-electron chi connectivity index (χ0n) is 17.4. The molecule has 0 aromatic heterocycles. The van der Waals surface area contributed by atoms with E-state index in [0.717, 1.165) is 31.2 Å². The number of aryl methyl sites for hydroxylation is 1. The van der Waals surface area contributed by atoms with Crippen molar-refractivity contribution in [2.75, 3.05) is 0 Å². The molecule has 4 aliphatic heterocycles. The maximum atomic E-state index is 12.1. The average molecular weight is 406 g/mol. The predicted molar refractivity (Wildman–Crippen MR) is 103 cm³/mol. The van der Waals surface area contributed by atoms with Gasteiger partial charge in [-0.05, 0) is 56.7 Å². The van der Waals surface area contributed by atoms with E-state index in [1.165, 1.54) is 6.07 Å². The number of phenolic OH excluding ortho intramolecular Hbond substituents is 2. The predicted octanol–water partition coefficient (Wildman–Crippen LogP) is 3.80. The molecular weight excluding hydrogens is 376 g/mol. The van der Waals surface area contributed by atoms with E-state index in [4.69, 9.17) is 29.5 Å². The van der Waals surface area contributed by atoms with E-state index in [2.05, 4.69) is 6.92 Å². The van der Waals surface area contributed by atoms with Crippen LogP contribution in [0.3, 0.4) is 0 Å². The van der Waals surface area contributed by atoms with Crippen LogP contribution < -0.4 is 0 Å². The van der Waals surface area contributed by atoms with Crippen molar-refractivity contribution in [1.29, 1.82) is 0 Å². The van der Waals surface area contributed by atoms with E-state index >= 15 is 0 Å². The van der Waals surface area contributed by atoms with E-state index in [9.17, 15) is 4.79 Å². The number of esters is 1. The number of ether oxygens (including phenoxy) is 2. The van der Waals surface area contributed by atoms with E-state index in [1.807, 2.05) is 13.8 Å². The van der Waals surface area contributed by atoms with Gasteiger partial charge in [-0.25, -0.2) is 9.78 Å². The summed E-state index contributed by atoms with van der Waals surface area (Å²) in [5.74, 6) is 0.0713. The van der Waals surface area contributed by atoms with Gasteiger partial charge in [0.25, 0.3) is 0 Å². The van der Waals surface area contributed by atoms with Crippen molar-refractivity contribution in [2.45, 2.75) is 71.1 Å². The first kappa shape index (κ1) is 20.4. The molecule has 5 aliphatic rings. The van der Waals surface area contributed by atoms with Crippen LogP contribution in [0.25, 0.3) is 0 Å². The van der Waals surface area contributed by atoms with Gasteiger partial charge in [0.2, 0.25) is 12.1 Å². The van der Waals surface area contributed by atoms with Crippen molar-refractivity contribution >= 4 is 5.97 Å². The molecule has 1 aromatic rings. The van der Waals surface area contributed by atoms with Crippen molar-refractivity contribution in [3.8, 4) is 11.5 Å². The fourth-order valence-electron chi connectivity index (χ4n) is 5.51. The van der Waals surface area contributed by atoms with Crippen LogP contribution in [0.15, 0.2) is 18.2 Å². The lowest BCUT2D eigenvalue weighted by Gasteiger charge is -2.57. The van der Waals surface area contributed by atoms with Gasteiger partial charge < -0.3 is 19.7 Å². The second-order valence-electron chi connectivity index (χ2n) is 9.16. The van der Waals surface area contributed by atoms with Crippen LogP contribution >= 0.6 is 0 Å². The molecule has 1 aliphatic carbocycles. The molecule has 4 heterocycles. The van der Waals surface area contributed by atoms with E-state index in [-0.39, 0.29) is 29.3 Å². The summed E-state index contributed by atoms with van der Waals surface area (Å²) in [5.41, 5.74) is 0.244. The van der Waals surface area contributed by atoms with Gasteiger partial charge in [-0.15, -0.1) is 0 Å². The molecule has 2 N–H and O–H groups in total. The smallest absolute Gasteiger partial charge is 0.311 e. The lowest BCUT2D eigenvalue weighted by Crippen LogP contribution is -2.69. The zero-order valence-corrected chi connectivity index (χ0v) is 17.4. The van der Waals surface area contributed by atoms with Gasteiger partial charge in [0, 0.05) is 24.3 Å². The summed E-state index contributed by atoms with van der Waals surface area (Å²) in [6.07, 6.45) is 3.24. The lowest BCUT2D eigenvalue weighted by atomic mass is 9.58. The number of carbonyl (C=O) groups excluding carboxylic acids is 1. The highest BCUT2D eigenvalue weighted by atomic mass is 17.3. The Morgan fingerprint density at radius 2 is 1.69 bits per heavy atom. The second-order valence-corrected chi connectivity index (χ2v) is 9.16. The minimum Gasteiger partial charge on any atom is -0.508 e. The number of phenols is 2. The molecule has 7 nitrogen and oxygen atoms in total. The maximum absolute atomic E-state index is 12.1. The molecule has 29 heavy (non-hydrogen) atoms. The third kappa shape index (κ3) is 3.39. The highest BCUT2D eigenvalue weighted by Crippen LogP contribution is 2.59. The van der Waals surface area contributed by atoms with Crippen molar-refractivity contribution < 1.29 is 34.3 Å². The van der Waals surface area contributed by atoms with E-state index < -0.39 is 17.7 Å². The molecule has 6 rings (SSSR count). The standard InChI is InChI=1S/C15H22O5.C7H8O2/c1-8-4-5-11-9(2)12(16)17-13-15(11)10(8)6-7-14(3,18-13)19-20-15;1-5-2-6(8)4-7(9)3-5/h8-11,13H,4-7H2,1-3H3;2-4,8-9H,1H3/t8-,9-,10+,11+,13-,14-,15-;/m0./s1. The number of fused-ring (bicyclic) bond motifs is 2. The number of hydrogen-bond donors (Lipinski definition) is 2. The molecule has 0 unspecified atom stereocenters. The SMILES string of the molecule is C[C@@H]1C(=O)O[C@H]2O[C@]3(C)CC[C@@H]4[C@@H](C)CC[C@H]1[C@]24OO3.Cc1cc(O)cc(O)c1. The molecule has 160 valence electrons. The van der Waals surface area contributed by atoms with Gasteiger partial charge >= 0.3 is 5.97 Å². The summed E-state index contributed by atoms with van der Waals surface area (Å²) in [7, 11) is 0. The van der Waals surface area contributed by atoms with Crippen molar-refractivity contribution in [3.05, 3.63) is 23.8 Å². The normalized spacial score (nSPS) is 42.8. The Kier molecular flexibility index (Phi) is 5.04. The molecule has 1 aromatic carbocycles. The molecule has 2 bridgehead atoms. The maximum Gasteiger partial charge on any atom is 0.311 e. The third-order valence-corrected chi connectivity index (χ3v) is 7.02. The Morgan fingerprint density at radius 1 is 1.00 bits per heavy atom. The van der Waals surface area contributed by atoms with Crippen molar-refractivity contribution in [3.63, 3.8) is 0 Å². The van der Waals surface area contributed by atoms with Crippen LogP contribution in [0.1, 0.15) is 52.0 Å². The van der Waals surface area contributed by atoms with Gasteiger partial charge in [-0.2, -0.15) is 0 Å². The highest BCUT2D eigenvalue weighted by molar-refractivity contribution is 5.74. The molecule has 4 saturated heterocycles. The topological polar surface area (TPSA) is 94.5 Å². The van der Waals surface area contributed by atoms with Crippen LogP contribution in [0, 0.1) is 30.6 Å². The van der Waals surface area contributed by atoms with Gasteiger partial charge in [-0.1, -0.05) is 13.8 Å². The van der Waals surface area contributed by atoms with Crippen LogP contribution in [-0.4, -0.2) is 33.9 Å². The van der Waals surface area contributed by atoms with Crippen LogP contribution in [0.4, 0.5) is 0 Å². The van der Waals surface area contributed by atoms with Gasteiger partial charge in [-0.3, -0.25) is 4.79 Å². The quantitative estimate of drug-likeness (QED) is 0.500. The molecule has 1 saturated carbocycles. The van der Waals surface area contributed by atoms with E-state index in [1.54, 1.807) is 19.1 Å². The molecule has 0 amide bonds. The summed E-state index contributed by atoms with van der Waals surface area (Å²) in [6, 6.07) is 4.46.